The Hall–Kier alpha value is -1.15. The average molecular weight is 262 g/mol. The van der Waals surface area contributed by atoms with Crippen LogP contribution in [0.5, 0.6) is 0 Å². The Balaban J connectivity index is 2.31. The maximum Gasteiger partial charge on any atom is 0.340 e. The highest BCUT2D eigenvalue weighted by Gasteiger charge is 2.37. The number of nitrogens with zero attached hydrogens (tertiary/aromatic N) is 1. The lowest BCUT2D eigenvalue weighted by atomic mass is 10.2. The van der Waals surface area contributed by atoms with E-state index in [1.165, 1.54) is 6.92 Å². The Bertz CT molecular complexity index is 530. The van der Waals surface area contributed by atoms with Crippen molar-refractivity contribution in [3.8, 4) is 0 Å². The fourth-order valence-corrected chi connectivity index (χ4v) is 3.71. The number of hydrogen-bond acceptors (Lipinski definition) is 5. The Kier molecular flexibility index (Phi) is 2.62. The summed E-state index contributed by atoms with van der Waals surface area (Å²) in [4.78, 5) is 10.9. The van der Waals surface area contributed by atoms with Crippen molar-refractivity contribution >= 4 is 32.5 Å². The molecule has 0 bridgehead atoms. The molecule has 0 saturated heterocycles. The summed E-state index contributed by atoms with van der Waals surface area (Å²) in [7, 11) is -3.43. The van der Waals surface area contributed by atoms with Crippen LogP contribution < -0.4 is 4.72 Å². The zero-order valence-electron chi connectivity index (χ0n) is 8.43. The third-order valence-electron chi connectivity index (χ3n) is 2.27. The van der Waals surface area contributed by atoms with Crippen molar-refractivity contribution in [1.82, 2.24) is 4.37 Å². The monoisotopic (exact) mass is 262 g/mol. The van der Waals surface area contributed by atoms with E-state index in [-0.39, 0.29) is 15.8 Å². The van der Waals surface area contributed by atoms with Gasteiger partial charge in [0.05, 0.1) is 10.9 Å². The van der Waals surface area contributed by atoms with E-state index < -0.39 is 16.0 Å². The van der Waals surface area contributed by atoms with Gasteiger partial charge in [-0.25, -0.2) is 13.2 Å². The molecule has 0 aliphatic heterocycles. The van der Waals surface area contributed by atoms with Crippen LogP contribution in [-0.4, -0.2) is 29.1 Å². The molecule has 1 aliphatic rings. The summed E-state index contributed by atoms with van der Waals surface area (Å²) in [6, 6.07) is 0. The maximum atomic E-state index is 11.6. The highest BCUT2D eigenvalue weighted by molar-refractivity contribution is 7.93. The molecule has 6 nitrogen and oxygen atoms in total. The number of carbonyl (C=O) groups is 1. The van der Waals surface area contributed by atoms with Crippen molar-refractivity contribution in [2.24, 2.45) is 0 Å². The second kappa shape index (κ2) is 3.70. The molecule has 2 rings (SSSR count). The molecule has 0 unspecified atom stereocenters. The Morgan fingerprint density at radius 3 is 2.69 bits per heavy atom. The molecular formula is C8H10N2O4S2. The highest BCUT2D eigenvalue weighted by Crippen LogP contribution is 2.32. The zero-order chi connectivity index (χ0) is 11.9. The molecule has 0 spiro atoms. The van der Waals surface area contributed by atoms with Crippen LogP contribution in [-0.2, 0) is 10.0 Å². The number of hydrogen-bond donors (Lipinski definition) is 2. The molecular weight excluding hydrogens is 252 g/mol. The summed E-state index contributed by atoms with van der Waals surface area (Å²) in [5.74, 6) is -1.17. The fraction of sp³-hybridized carbons (Fsp3) is 0.500. The van der Waals surface area contributed by atoms with Gasteiger partial charge in [0.1, 0.15) is 10.6 Å². The lowest BCUT2D eigenvalue weighted by Crippen LogP contribution is -2.18. The largest absolute Gasteiger partial charge is 0.478 e. The fourth-order valence-electron chi connectivity index (χ4n) is 1.28. The van der Waals surface area contributed by atoms with Gasteiger partial charge in [-0.1, -0.05) is 0 Å². The minimum atomic E-state index is -3.43. The summed E-state index contributed by atoms with van der Waals surface area (Å²) >= 11 is 0.855. The first-order valence-corrected chi connectivity index (χ1v) is 6.95. The second-order valence-electron chi connectivity index (χ2n) is 3.62. The van der Waals surface area contributed by atoms with Crippen LogP contribution in [0, 0.1) is 6.92 Å². The third-order valence-corrected chi connectivity index (χ3v) is 5.10. The third kappa shape index (κ3) is 2.03. The lowest BCUT2D eigenvalue weighted by Gasteiger charge is -2.04. The molecule has 1 heterocycles. The quantitative estimate of drug-likeness (QED) is 0.845. The van der Waals surface area contributed by atoms with Crippen molar-refractivity contribution in [3.63, 3.8) is 0 Å². The van der Waals surface area contributed by atoms with Crippen molar-refractivity contribution in [2.75, 3.05) is 4.72 Å². The normalized spacial score (nSPS) is 16.1. The van der Waals surface area contributed by atoms with Gasteiger partial charge in [-0.3, -0.25) is 4.72 Å². The molecule has 2 N–H and O–H groups in total. The first kappa shape index (κ1) is 11.3. The molecule has 16 heavy (non-hydrogen) atoms. The zero-order valence-corrected chi connectivity index (χ0v) is 10.1. The molecule has 0 atom stereocenters. The number of sulfonamides is 1. The molecule has 0 aromatic carbocycles. The van der Waals surface area contributed by atoms with Crippen molar-refractivity contribution < 1.29 is 18.3 Å². The Labute approximate surface area is 96.5 Å². The maximum absolute atomic E-state index is 11.6. The van der Waals surface area contributed by atoms with Crippen molar-refractivity contribution in [3.05, 3.63) is 11.3 Å². The number of carboxylic acid groups (broad SMARTS) is 1. The first-order chi connectivity index (χ1) is 7.42. The van der Waals surface area contributed by atoms with Crippen LogP contribution >= 0.6 is 11.5 Å². The highest BCUT2D eigenvalue weighted by atomic mass is 32.2. The number of anilines is 1. The Morgan fingerprint density at radius 2 is 2.19 bits per heavy atom. The van der Waals surface area contributed by atoms with Crippen LogP contribution in [0.15, 0.2) is 0 Å². The number of carboxylic acids is 1. The molecule has 1 saturated carbocycles. The summed E-state index contributed by atoms with van der Waals surface area (Å²) < 4.78 is 29.4. The van der Waals surface area contributed by atoms with Crippen LogP contribution in [0.2, 0.25) is 0 Å². The number of rotatable bonds is 4. The van der Waals surface area contributed by atoms with Crippen LogP contribution in [0.4, 0.5) is 5.00 Å². The van der Waals surface area contributed by atoms with E-state index in [0.29, 0.717) is 18.5 Å². The summed E-state index contributed by atoms with van der Waals surface area (Å²) in [5.41, 5.74) is 0.264. The van der Waals surface area contributed by atoms with Gasteiger partial charge in [0.15, 0.2) is 0 Å². The van der Waals surface area contributed by atoms with E-state index in [1.54, 1.807) is 0 Å². The smallest absolute Gasteiger partial charge is 0.340 e. The van der Waals surface area contributed by atoms with Crippen molar-refractivity contribution in [1.29, 1.82) is 0 Å². The van der Waals surface area contributed by atoms with Gasteiger partial charge in [-0.15, -0.1) is 0 Å². The number of aromatic nitrogens is 1. The minimum Gasteiger partial charge on any atom is -0.478 e. The number of nitrogens with one attached hydrogen (secondary N) is 1. The molecule has 0 radical (unpaired) electrons. The summed E-state index contributed by atoms with van der Waals surface area (Å²) in [6.07, 6.45) is 1.27. The standard InChI is InChI=1S/C8H10N2O4S2/c1-4-6(8(11)12)7(15-9-4)10-16(13,14)5-2-3-5/h5,10H,2-3H2,1H3,(H,11,12). The molecule has 1 aliphatic carbocycles. The molecule has 1 aromatic heterocycles. The van der Waals surface area contributed by atoms with Gasteiger partial charge in [0.25, 0.3) is 0 Å². The Morgan fingerprint density at radius 1 is 1.56 bits per heavy atom. The van der Waals surface area contributed by atoms with Crippen molar-refractivity contribution in [2.45, 2.75) is 25.0 Å². The van der Waals surface area contributed by atoms with Crippen LogP contribution in [0.3, 0.4) is 0 Å². The second-order valence-corrected chi connectivity index (χ2v) is 6.36. The molecule has 1 fully saturated rings. The van der Waals surface area contributed by atoms with E-state index in [9.17, 15) is 13.2 Å². The number of aryl methyl sites for hydroxylation is 1. The summed E-state index contributed by atoms with van der Waals surface area (Å²) in [5, 5.41) is 8.63. The van der Waals surface area contributed by atoms with E-state index in [2.05, 4.69) is 9.10 Å². The molecule has 88 valence electrons. The average Bonchev–Trinajstić information content (AvgIpc) is 2.92. The van der Waals surface area contributed by atoms with E-state index >= 15 is 0 Å². The van der Waals surface area contributed by atoms with E-state index in [0.717, 1.165) is 11.5 Å². The van der Waals surface area contributed by atoms with Gasteiger partial charge in [0.2, 0.25) is 10.0 Å². The molecule has 8 heteroatoms. The number of aromatic carboxylic acids is 1. The first-order valence-electron chi connectivity index (χ1n) is 4.63. The van der Waals surface area contributed by atoms with Crippen LogP contribution in [0.1, 0.15) is 28.9 Å². The summed E-state index contributed by atoms with van der Waals surface area (Å²) in [6.45, 7) is 1.54. The van der Waals surface area contributed by atoms with Gasteiger partial charge >= 0.3 is 5.97 Å². The van der Waals surface area contributed by atoms with Gasteiger partial charge in [0, 0.05) is 0 Å². The predicted molar refractivity (Wildman–Crippen MR) is 59.4 cm³/mol. The van der Waals surface area contributed by atoms with Crippen LogP contribution in [0.25, 0.3) is 0 Å². The predicted octanol–water partition coefficient (Wildman–Crippen LogP) is 1.05. The minimum absolute atomic E-state index is 0.0609. The molecule has 1 aromatic rings. The van der Waals surface area contributed by atoms with Gasteiger partial charge < -0.3 is 5.11 Å². The topological polar surface area (TPSA) is 96.4 Å². The molecule has 0 amide bonds. The van der Waals surface area contributed by atoms with E-state index in [1.807, 2.05) is 0 Å². The van der Waals surface area contributed by atoms with Gasteiger partial charge in [-0.2, -0.15) is 4.37 Å². The van der Waals surface area contributed by atoms with Gasteiger partial charge in [-0.05, 0) is 31.3 Å². The SMILES string of the molecule is Cc1nsc(NS(=O)(=O)C2CC2)c1C(=O)O. The van der Waals surface area contributed by atoms with E-state index in [4.69, 9.17) is 5.11 Å². The lowest BCUT2D eigenvalue weighted by molar-refractivity contribution is 0.0697.